The lowest BCUT2D eigenvalue weighted by molar-refractivity contribution is 0.940. The molecule has 1 heterocycles. The molecule has 0 bridgehead atoms. The van der Waals surface area contributed by atoms with Crippen LogP contribution in [0.3, 0.4) is 0 Å². The Hall–Kier alpha value is -1.93. The lowest BCUT2D eigenvalue weighted by Crippen LogP contribution is -2.07. The van der Waals surface area contributed by atoms with Crippen molar-refractivity contribution in [3.63, 3.8) is 0 Å². The summed E-state index contributed by atoms with van der Waals surface area (Å²) in [5, 5.41) is 20.5. The van der Waals surface area contributed by atoms with Crippen molar-refractivity contribution in [1.29, 1.82) is 5.26 Å². The predicted octanol–water partition coefficient (Wildman–Crippen LogP) is 3.34. The predicted molar refractivity (Wildman–Crippen MR) is 77.7 cm³/mol. The number of hydrogen-bond donors (Lipinski definition) is 1. The molecule has 19 heavy (non-hydrogen) atoms. The van der Waals surface area contributed by atoms with Gasteiger partial charge in [-0.3, -0.25) is 0 Å². The molecule has 0 unspecified atom stereocenters. The molecule has 0 aliphatic heterocycles. The smallest absolute Gasteiger partial charge is 0.167 e. The number of nitriles is 1. The Kier molecular flexibility index (Phi) is 4.13. The minimum absolute atomic E-state index is 0.529. The molecule has 0 amide bonds. The summed E-state index contributed by atoms with van der Waals surface area (Å²) in [4.78, 5) is 0. The van der Waals surface area contributed by atoms with Gasteiger partial charge in [0.25, 0.3) is 0 Å². The first-order valence-corrected chi connectivity index (χ1v) is 6.64. The molecule has 0 fully saturated rings. The van der Waals surface area contributed by atoms with E-state index < -0.39 is 0 Å². The summed E-state index contributed by atoms with van der Waals surface area (Å²) in [6, 6.07) is 10.1. The second kappa shape index (κ2) is 5.81. The van der Waals surface area contributed by atoms with Gasteiger partial charge >= 0.3 is 0 Å². The van der Waals surface area contributed by atoms with Crippen molar-refractivity contribution in [3.8, 4) is 6.07 Å². The van der Waals surface area contributed by atoms with Gasteiger partial charge in [-0.15, -0.1) is 5.10 Å². The van der Waals surface area contributed by atoms with Crippen molar-refractivity contribution < 1.29 is 0 Å². The lowest BCUT2D eigenvalue weighted by Gasteiger charge is -2.10. The van der Waals surface area contributed by atoms with E-state index in [1.165, 1.54) is 0 Å². The first-order valence-electron chi connectivity index (χ1n) is 5.84. The highest BCUT2D eigenvalue weighted by molar-refractivity contribution is 9.10. The van der Waals surface area contributed by atoms with E-state index in [0.29, 0.717) is 17.9 Å². The Morgan fingerprint density at radius 2 is 2.00 bits per heavy atom. The second-order valence-electron chi connectivity index (χ2n) is 4.19. The van der Waals surface area contributed by atoms with Gasteiger partial charge < -0.3 is 5.32 Å². The maximum absolute atomic E-state index is 9.21. The second-order valence-corrected chi connectivity index (χ2v) is 5.05. The van der Waals surface area contributed by atoms with Crippen LogP contribution in [0.5, 0.6) is 0 Å². The molecule has 0 aliphatic rings. The van der Waals surface area contributed by atoms with Gasteiger partial charge in [0.2, 0.25) is 0 Å². The van der Waals surface area contributed by atoms with Crippen LogP contribution in [-0.4, -0.2) is 10.2 Å². The van der Waals surface area contributed by atoms with Gasteiger partial charge in [-0.25, -0.2) is 0 Å². The van der Waals surface area contributed by atoms with Crippen molar-refractivity contribution in [1.82, 2.24) is 10.2 Å². The van der Waals surface area contributed by atoms with E-state index in [-0.39, 0.29) is 0 Å². The van der Waals surface area contributed by atoms with Crippen LogP contribution in [-0.2, 0) is 6.54 Å². The molecule has 1 aromatic heterocycles. The van der Waals surface area contributed by atoms with E-state index in [1.807, 2.05) is 38.1 Å². The SMILES string of the molecule is Cc1nnc(NCc2ccccc2Br)c(C#N)c1C. The third kappa shape index (κ3) is 2.91. The average Bonchev–Trinajstić information content (AvgIpc) is 2.41. The number of rotatable bonds is 3. The highest BCUT2D eigenvalue weighted by Gasteiger charge is 2.10. The van der Waals surface area contributed by atoms with E-state index in [4.69, 9.17) is 0 Å². The molecule has 1 aromatic carbocycles. The van der Waals surface area contributed by atoms with Crippen molar-refractivity contribution in [2.24, 2.45) is 0 Å². The third-order valence-corrected chi connectivity index (χ3v) is 3.74. The summed E-state index contributed by atoms with van der Waals surface area (Å²) in [7, 11) is 0. The Morgan fingerprint density at radius 1 is 1.26 bits per heavy atom. The molecular formula is C14H13BrN4. The largest absolute Gasteiger partial charge is 0.363 e. The molecule has 4 nitrogen and oxygen atoms in total. The molecule has 96 valence electrons. The van der Waals surface area contributed by atoms with Gasteiger partial charge in [0.15, 0.2) is 5.82 Å². The van der Waals surface area contributed by atoms with E-state index in [9.17, 15) is 5.26 Å². The summed E-state index contributed by atoms with van der Waals surface area (Å²) in [6.07, 6.45) is 0. The standard InChI is InChI=1S/C14H13BrN4/c1-9-10(2)18-19-14(12(9)7-16)17-8-11-5-3-4-6-13(11)15/h3-6H,8H2,1-2H3,(H,17,19). The molecule has 0 aliphatic carbocycles. The zero-order valence-corrected chi connectivity index (χ0v) is 12.3. The first-order chi connectivity index (χ1) is 9.13. The molecule has 0 saturated heterocycles. The van der Waals surface area contributed by atoms with Gasteiger partial charge in [0.05, 0.1) is 5.69 Å². The number of nitrogens with zero attached hydrogens (tertiary/aromatic N) is 3. The van der Waals surface area contributed by atoms with Crippen molar-refractivity contribution >= 4 is 21.7 Å². The van der Waals surface area contributed by atoms with Crippen LogP contribution in [0.1, 0.15) is 22.4 Å². The van der Waals surface area contributed by atoms with Crippen LogP contribution in [0, 0.1) is 25.2 Å². The summed E-state index contributed by atoms with van der Waals surface area (Å²) in [5.74, 6) is 0.529. The number of aryl methyl sites for hydroxylation is 1. The quantitative estimate of drug-likeness (QED) is 0.943. The first kappa shape index (κ1) is 13.5. The Morgan fingerprint density at radius 3 is 2.68 bits per heavy atom. The monoisotopic (exact) mass is 316 g/mol. The fourth-order valence-electron chi connectivity index (χ4n) is 1.69. The Balaban J connectivity index is 2.24. The van der Waals surface area contributed by atoms with Gasteiger partial charge in [-0.05, 0) is 31.0 Å². The van der Waals surface area contributed by atoms with Gasteiger partial charge in [-0.2, -0.15) is 10.4 Å². The van der Waals surface area contributed by atoms with E-state index in [1.54, 1.807) is 0 Å². The van der Waals surface area contributed by atoms with E-state index in [0.717, 1.165) is 21.3 Å². The molecular weight excluding hydrogens is 304 g/mol. The highest BCUT2D eigenvalue weighted by Crippen LogP contribution is 2.20. The van der Waals surface area contributed by atoms with Crippen molar-refractivity contribution in [2.75, 3.05) is 5.32 Å². The Labute approximate surface area is 120 Å². The average molecular weight is 317 g/mol. The maximum Gasteiger partial charge on any atom is 0.167 e. The zero-order chi connectivity index (χ0) is 13.8. The molecule has 5 heteroatoms. The molecule has 0 spiro atoms. The van der Waals surface area contributed by atoms with Crippen molar-refractivity contribution in [3.05, 3.63) is 51.1 Å². The number of hydrogen-bond acceptors (Lipinski definition) is 4. The van der Waals surface area contributed by atoms with Crippen LogP contribution >= 0.6 is 15.9 Å². The molecule has 2 aromatic rings. The third-order valence-electron chi connectivity index (χ3n) is 2.97. The summed E-state index contributed by atoms with van der Waals surface area (Å²) in [6.45, 7) is 4.32. The topological polar surface area (TPSA) is 61.6 Å². The van der Waals surface area contributed by atoms with Crippen LogP contribution < -0.4 is 5.32 Å². The number of aromatic nitrogens is 2. The normalized spacial score (nSPS) is 10.0. The molecule has 2 rings (SSSR count). The minimum atomic E-state index is 0.529. The van der Waals surface area contributed by atoms with E-state index >= 15 is 0 Å². The molecule has 1 N–H and O–H groups in total. The van der Waals surface area contributed by atoms with Crippen LogP contribution in [0.15, 0.2) is 28.7 Å². The molecule has 0 saturated carbocycles. The summed E-state index contributed by atoms with van der Waals surface area (Å²) >= 11 is 3.49. The fourth-order valence-corrected chi connectivity index (χ4v) is 2.11. The number of halogens is 1. The lowest BCUT2D eigenvalue weighted by atomic mass is 10.1. The summed E-state index contributed by atoms with van der Waals surface area (Å²) < 4.78 is 1.03. The van der Waals surface area contributed by atoms with Gasteiger partial charge in [0, 0.05) is 11.0 Å². The maximum atomic E-state index is 9.21. The highest BCUT2D eigenvalue weighted by atomic mass is 79.9. The zero-order valence-electron chi connectivity index (χ0n) is 10.7. The van der Waals surface area contributed by atoms with Gasteiger partial charge in [-0.1, -0.05) is 34.1 Å². The molecule has 0 atom stereocenters. The number of anilines is 1. The van der Waals surface area contributed by atoms with Crippen LogP contribution in [0.2, 0.25) is 0 Å². The number of nitrogens with one attached hydrogen (secondary N) is 1. The van der Waals surface area contributed by atoms with Crippen LogP contribution in [0.25, 0.3) is 0 Å². The van der Waals surface area contributed by atoms with Crippen LogP contribution in [0.4, 0.5) is 5.82 Å². The molecule has 0 radical (unpaired) electrons. The summed E-state index contributed by atoms with van der Waals surface area (Å²) in [5.41, 5.74) is 3.31. The minimum Gasteiger partial charge on any atom is -0.363 e. The fraction of sp³-hybridized carbons (Fsp3) is 0.214. The number of benzene rings is 1. The van der Waals surface area contributed by atoms with Gasteiger partial charge in [0.1, 0.15) is 11.6 Å². The van der Waals surface area contributed by atoms with E-state index in [2.05, 4.69) is 37.5 Å². The van der Waals surface area contributed by atoms with Crippen molar-refractivity contribution in [2.45, 2.75) is 20.4 Å². The Bertz CT molecular complexity index is 646.